The molecule has 94 valence electrons. The minimum Gasteiger partial charge on any atom is -0.311 e. The highest BCUT2D eigenvalue weighted by molar-refractivity contribution is 6.25. The van der Waals surface area contributed by atoms with E-state index >= 15 is 0 Å². The van der Waals surface area contributed by atoms with Gasteiger partial charge in [0.15, 0.2) is 0 Å². The fraction of sp³-hybridized carbons (Fsp3) is 0.846. The Bertz CT molecular complexity index is 240. The molecule has 0 aliphatic carbocycles. The lowest BCUT2D eigenvalue weighted by atomic mass is 9.89. The number of hydrogen-bond acceptors (Lipinski definition) is 2. The Hall–Kier alpha value is -0.0500. The topological polar surface area (TPSA) is 15.3 Å². The number of rotatable bonds is 4. The van der Waals surface area contributed by atoms with Crippen molar-refractivity contribution in [3.05, 3.63) is 11.6 Å². The zero-order valence-electron chi connectivity index (χ0n) is 11.0. The average Bonchev–Trinajstić information content (AvgIpc) is 2.27. The molecule has 2 unspecified atom stereocenters. The van der Waals surface area contributed by atoms with Crippen molar-refractivity contribution in [3.8, 4) is 0 Å². The Balaban J connectivity index is 2.69. The molecule has 0 amide bonds. The third-order valence-electron chi connectivity index (χ3n) is 3.91. The summed E-state index contributed by atoms with van der Waals surface area (Å²) in [6.45, 7) is 12.3. The fourth-order valence-electron chi connectivity index (χ4n) is 2.24. The van der Waals surface area contributed by atoms with Crippen molar-refractivity contribution in [3.63, 3.8) is 0 Å². The third-order valence-corrected chi connectivity index (χ3v) is 4.09. The Morgan fingerprint density at radius 1 is 1.56 bits per heavy atom. The summed E-state index contributed by atoms with van der Waals surface area (Å²) in [6.07, 6.45) is 3.21. The van der Waals surface area contributed by atoms with Gasteiger partial charge >= 0.3 is 0 Å². The van der Waals surface area contributed by atoms with Crippen molar-refractivity contribution in [2.45, 2.75) is 45.7 Å². The Kier molecular flexibility index (Phi) is 5.29. The maximum absolute atomic E-state index is 5.63. The summed E-state index contributed by atoms with van der Waals surface area (Å²) in [5.74, 6) is 0.684. The molecule has 0 radical (unpaired) electrons. The summed E-state index contributed by atoms with van der Waals surface area (Å²) in [5, 5.41) is 3.67. The number of halogens is 1. The molecule has 1 N–H and O–H groups in total. The number of nitrogens with zero attached hydrogens (tertiary/aromatic N) is 1. The SMILES string of the molecule is CCC1(C)CNC(C(C)C)CN1C/C=C/Cl. The van der Waals surface area contributed by atoms with E-state index in [1.807, 2.05) is 6.08 Å². The predicted octanol–water partition coefficient (Wildman–Crippen LogP) is 2.84. The van der Waals surface area contributed by atoms with Crippen molar-refractivity contribution in [1.82, 2.24) is 10.2 Å². The van der Waals surface area contributed by atoms with Gasteiger partial charge in [-0.2, -0.15) is 0 Å². The van der Waals surface area contributed by atoms with E-state index in [-0.39, 0.29) is 5.54 Å². The first-order valence-corrected chi connectivity index (χ1v) is 6.71. The van der Waals surface area contributed by atoms with Gasteiger partial charge in [0.1, 0.15) is 0 Å². The summed E-state index contributed by atoms with van der Waals surface area (Å²) in [6, 6.07) is 0.600. The van der Waals surface area contributed by atoms with E-state index in [4.69, 9.17) is 11.6 Å². The maximum atomic E-state index is 5.63. The molecule has 1 heterocycles. The summed E-state index contributed by atoms with van der Waals surface area (Å²) in [7, 11) is 0. The Labute approximate surface area is 105 Å². The van der Waals surface area contributed by atoms with Crippen LogP contribution in [0.15, 0.2) is 11.6 Å². The minimum atomic E-state index is 0.266. The Morgan fingerprint density at radius 2 is 2.25 bits per heavy atom. The predicted molar refractivity (Wildman–Crippen MR) is 71.9 cm³/mol. The van der Waals surface area contributed by atoms with Crippen LogP contribution >= 0.6 is 11.6 Å². The van der Waals surface area contributed by atoms with Gasteiger partial charge < -0.3 is 5.32 Å². The van der Waals surface area contributed by atoms with E-state index < -0.39 is 0 Å². The Morgan fingerprint density at radius 3 is 2.75 bits per heavy atom. The van der Waals surface area contributed by atoms with Crippen molar-refractivity contribution in [2.75, 3.05) is 19.6 Å². The van der Waals surface area contributed by atoms with Gasteiger partial charge in [-0.05, 0) is 19.3 Å². The lowest BCUT2D eigenvalue weighted by molar-refractivity contribution is 0.0495. The van der Waals surface area contributed by atoms with E-state index in [0.29, 0.717) is 12.0 Å². The van der Waals surface area contributed by atoms with Crippen molar-refractivity contribution < 1.29 is 0 Å². The second kappa shape index (κ2) is 6.04. The molecule has 1 rings (SSSR count). The molecule has 1 aliphatic heterocycles. The number of hydrogen-bond donors (Lipinski definition) is 1. The van der Waals surface area contributed by atoms with Crippen LogP contribution in [0.5, 0.6) is 0 Å². The summed E-state index contributed by atoms with van der Waals surface area (Å²) in [4.78, 5) is 2.55. The second-order valence-electron chi connectivity index (χ2n) is 5.35. The number of nitrogens with one attached hydrogen (secondary N) is 1. The quantitative estimate of drug-likeness (QED) is 0.818. The van der Waals surface area contributed by atoms with Gasteiger partial charge in [0.05, 0.1) is 0 Å². The molecule has 2 atom stereocenters. The number of piperazine rings is 1. The summed E-state index contributed by atoms with van der Waals surface area (Å²) < 4.78 is 0. The summed E-state index contributed by atoms with van der Waals surface area (Å²) in [5.41, 5.74) is 1.89. The van der Waals surface area contributed by atoms with Gasteiger partial charge in [0, 0.05) is 36.8 Å². The molecule has 1 fully saturated rings. The van der Waals surface area contributed by atoms with Gasteiger partial charge in [0.25, 0.3) is 0 Å². The highest BCUT2D eigenvalue weighted by atomic mass is 35.5. The molecule has 0 aromatic heterocycles. The van der Waals surface area contributed by atoms with Gasteiger partial charge in [0.2, 0.25) is 0 Å². The zero-order valence-corrected chi connectivity index (χ0v) is 11.7. The lowest BCUT2D eigenvalue weighted by Crippen LogP contribution is -2.64. The molecule has 0 spiro atoms. The van der Waals surface area contributed by atoms with Crippen LogP contribution < -0.4 is 5.32 Å². The van der Waals surface area contributed by atoms with Crippen molar-refractivity contribution >= 4 is 11.6 Å². The van der Waals surface area contributed by atoms with Crippen LogP contribution in [0.25, 0.3) is 0 Å². The molecule has 3 heteroatoms. The highest BCUT2D eigenvalue weighted by Crippen LogP contribution is 2.24. The van der Waals surface area contributed by atoms with Crippen LogP contribution in [-0.4, -0.2) is 36.1 Å². The summed E-state index contributed by atoms with van der Waals surface area (Å²) >= 11 is 5.63. The molecular formula is C13H25ClN2. The normalized spacial score (nSPS) is 32.8. The largest absolute Gasteiger partial charge is 0.311 e. The van der Waals surface area contributed by atoms with E-state index in [0.717, 1.165) is 19.6 Å². The molecule has 1 aliphatic rings. The van der Waals surface area contributed by atoms with Gasteiger partial charge in [-0.25, -0.2) is 0 Å². The molecule has 16 heavy (non-hydrogen) atoms. The second-order valence-corrected chi connectivity index (χ2v) is 5.60. The smallest absolute Gasteiger partial charge is 0.0307 e. The molecule has 0 aromatic rings. The molecule has 2 nitrogen and oxygen atoms in total. The zero-order chi connectivity index (χ0) is 12.2. The average molecular weight is 245 g/mol. The first kappa shape index (κ1) is 14.0. The first-order valence-electron chi connectivity index (χ1n) is 6.27. The van der Waals surface area contributed by atoms with Crippen LogP contribution in [0.4, 0.5) is 0 Å². The minimum absolute atomic E-state index is 0.266. The monoisotopic (exact) mass is 244 g/mol. The maximum Gasteiger partial charge on any atom is 0.0307 e. The van der Waals surface area contributed by atoms with Gasteiger partial charge in [-0.3, -0.25) is 4.90 Å². The molecule has 0 saturated carbocycles. The molecule has 1 saturated heterocycles. The van der Waals surface area contributed by atoms with E-state index in [9.17, 15) is 0 Å². The van der Waals surface area contributed by atoms with E-state index in [2.05, 4.69) is 37.9 Å². The standard InChI is InChI=1S/C13H25ClN2/c1-5-13(4)10-15-12(11(2)3)9-16(13)8-6-7-14/h6-7,11-12,15H,5,8-10H2,1-4H3/b7-6+. The van der Waals surface area contributed by atoms with Gasteiger partial charge in [-0.15, -0.1) is 0 Å². The third kappa shape index (κ3) is 3.22. The van der Waals surface area contributed by atoms with Crippen molar-refractivity contribution in [1.29, 1.82) is 0 Å². The van der Waals surface area contributed by atoms with Crippen LogP contribution in [0, 0.1) is 5.92 Å². The molecule has 0 bridgehead atoms. The fourth-order valence-corrected chi connectivity index (χ4v) is 2.32. The highest BCUT2D eigenvalue weighted by Gasteiger charge is 2.36. The van der Waals surface area contributed by atoms with Crippen molar-refractivity contribution in [2.24, 2.45) is 5.92 Å². The van der Waals surface area contributed by atoms with E-state index in [1.54, 1.807) is 5.54 Å². The van der Waals surface area contributed by atoms with E-state index in [1.165, 1.54) is 6.42 Å². The molecule has 0 aromatic carbocycles. The first-order chi connectivity index (χ1) is 7.53. The van der Waals surface area contributed by atoms with Crippen LogP contribution in [-0.2, 0) is 0 Å². The van der Waals surface area contributed by atoms with Crippen LogP contribution in [0.3, 0.4) is 0 Å². The lowest BCUT2D eigenvalue weighted by Gasteiger charge is -2.48. The van der Waals surface area contributed by atoms with Crippen LogP contribution in [0.2, 0.25) is 0 Å². The van der Waals surface area contributed by atoms with Gasteiger partial charge in [-0.1, -0.05) is 38.4 Å². The molecular weight excluding hydrogens is 220 g/mol. The van der Waals surface area contributed by atoms with Crippen LogP contribution in [0.1, 0.15) is 34.1 Å².